The summed E-state index contributed by atoms with van der Waals surface area (Å²) in [5.74, 6) is -0.589. The van der Waals surface area contributed by atoms with E-state index in [1.54, 1.807) is 19.1 Å². The van der Waals surface area contributed by atoms with E-state index in [9.17, 15) is 9.18 Å². The molecule has 0 atom stereocenters. The maximum Gasteiger partial charge on any atom is 0.305 e. The van der Waals surface area contributed by atoms with E-state index in [4.69, 9.17) is 4.74 Å². The Kier molecular flexibility index (Phi) is 3.43. The van der Waals surface area contributed by atoms with Gasteiger partial charge in [0.2, 0.25) is 0 Å². The molecule has 0 amide bonds. The Bertz CT molecular complexity index is 297. The van der Waals surface area contributed by atoms with Gasteiger partial charge in [0, 0.05) is 6.42 Å². The molecule has 70 valence electrons. The Morgan fingerprint density at radius 2 is 2.31 bits per heavy atom. The fourth-order valence-electron chi connectivity index (χ4n) is 0.893. The van der Waals surface area contributed by atoms with Crippen molar-refractivity contribution >= 4 is 5.97 Å². The molecule has 0 aliphatic carbocycles. The van der Waals surface area contributed by atoms with Gasteiger partial charge in [0.15, 0.2) is 0 Å². The summed E-state index contributed by atoms with van der Waals surface area (Å²) < 4.78 is 17.5. The highest BCUT2D eigenvalue weighted by Crippen LogP contribution is 2.05. The van der Waals surface area contributed by atoms with Gasteiger partial charge in [-0.1, -0.05) is 19.1 Å². The first kappa shape index (κ1) is 9.71. The monoisotopic (exact) mass is 182 g/mol. The molecule has 0 fully saturated rings. The molecule has 13 heavy (non-hydrogen) atoms. The van der Waals surface area contributed by atoms with Crippen molar-refractivity contribution in [2.75, 3.05) is 0 Å². The minimum Gasteiger partial charge on any atom is -0.461 e. The van der Waals surface area contributed by atoms with Crippen LogP contribution in [0.15, 0.2) is 24.3 Å². The summed E-state index contributed by atoms with van der Waals surface area (Å²) in [7, 11) is 0. The van der Waals surface area contributed by atoms with E-state index in [0.29, 0.717) is 12.0 Å². The van der Waals surface area contributed by atoms with Crippen LogP contribution < -0.4 is 0 Å². The summed E-state index contributed by atoms with van der Waals surface area (Å²) >= 11 is 0. The first-order valence-electron chi connectivity index (χ1n) is 4.12. The normalized spacial score (nSPS) is 9.69. The molecule has 1 rings (SSSR count). The van der Waals surface area contributed by atoms with Crippen LogP contribution in [0.3, 0.4) is 0 Å². The van der Waals surface area contributed by atoms with E-state index in [-0.39, 0.29) is 18.4 Å². The van der Waals surface area contributed by atoms with Crippen LogP contribution in [-0.2, 0) is 16.1 Å². The second kappa shape index (κ2) is 4.60. The van der Waals surface area contributed by atoms with Crippen molar-refractivity contribution in [2.24, 2.45) is 0 Å². The first-order chi connectivity index (χ1) is 6.22. The lowest BCUT2D eigenvalue weighted by Crippen LogP contribution is -2.02. The molecule has 0 aromatic heterocycles. The highest BCUT2D eigenvalue weighted by molar-refractivity contribution is 5.68. The molecule has 0 spiro atoms. The molecule has 2 nitrogen and oxygen atoms in total. The van der Waals surface area contributed by atoms with Gasteiger partial charge in [-0.25, -0.2) is 4.39 Å². The van der Waals surface area contributed by atoms with Crippen LogP contribution in [0.1, 0.15) is 18.9 Å². The summed E-state index contributed by atoms with van der Waals surface area (Å²) in [6.07, 6.45) is 0.343. The van der Waals surface area contributed by atoms with Crippen molar-refractivity contribution in [3.8, 4) is 0 Å². The number of carbonyl (C=O) groups excluding carboxylic acids is 1. The third-order valence-electron chi connectivity index (χ3n) is 1.58. The van der Waals surface area contributed by atoms with E-state index in [1.165, 1.54) is 12.1 Å². The largest absolute Gasteiger partial charge is 0.461 e. The molecule has 3 heteroatoms. The highest BCUT2D eigenvalue weighted by atomic mass is 19.1. The van der Waals surface area contributed by atoms with Crippen LogP contribution >= 0.6 is 0 Å². The van der Waals surface area contributed by atoms with Gasteiger partial charge in [-0.05, 0) is 17.7 Å². The number of carbonyl (C=O) groups is 1. The maximum absolute atomic E-state index is 12.6. The molecule has 0 heterocycles. The molecule has 1 aromatic rings. The Hall–Kier alpha value is -1.38. The van der Waals surface area contributed by atoms with Crippen LogP contribution in [0.5, 0.6) is 0 Å². The van der Waals surface area contributed by atoms with E-state index < -0.39 is 0 Å². The summed E-state index contributed by atoms with van der Waals surface area (Å²) in [5.41, 5.74) is 0.668. The minimum atomic E-state index is -0.315. The number of rotatable bonds is 3. The molecule has 0 aliphatic rings. The molecule has 0 saturated heterocycles. The van der Waals surface area contributed by atoms with Crippen molar-refractivity contribution < 1.29 is 13.9 Å². The zero-order valence-electron chi connectivity index (χ0n) is 7.42. The Labute approximate surface area is 76.3 Å². The predicted octanol–water partition coefficient (Wildman–Crippen LogP) is 2.28. The molecule has 0 radical (unpaired) electrons. The van der Waals surface area contributed by atoms with Crippen molar-refractivity contribution in [1.29, 1.82) is 0 Å². The average molecular weight is 182 g/mol. The lowest BCUT2D eigenvalue weighted by Gasteiger charge is -2.02. The van der Waals surface area contributed by atoms with Gasteiger partial charge in [0.25, 0.3) is 0 Å². The zero-order valence-corrected chi connectivity index (χ0v) is 7.42. The zero-order chi connectivity index (χ0) is 9.68. The molecule has 0 N–H and O–H groups in total. The molecular formula is C10H11FO2. The fourth-order valence-corrected chi connectivity index (χ4v) is 0.893. The Balaban J connectivity index is 2.50. The van der Waals surface area contributed by atoms with Gasteiger partial charge in [0.1, 0.15) is 12.4 Å². The van der Waals surface area contributed by atoms with Crippen molar-refractivity contribution in [1.82, 2.24) is 0 Å². The first-order valence-corrected chi connectivity index (χ1v) is 4.12. The second-order valence-electron chi connectivity index (χ2n) is 2.64. The number of benzene rings is 1. The van der Waals surface area contributed by atoms with Crippen LogP contribution in [0.25, 0.3) is 0 Å². The molecule has 0 saturated carbocycles. The second-order valence-corrected chi connectivity index (χ2v) is 2.64. The Morgan fingerprint density at radius 1 is 1.54 bits per heavy atom. The third-order valence-corrected chi connectivity index (χ3v) is 1.58. The topological polar surface area (TPSA) is 26.3 Å². The number of hydrogen-bond acceptors (Lipinski definition) is 2. The van der Waals surface area contributed by atoms with Gasteiger partial charge in [0.05, 0.1) is 0 Å². The van der Waals surface area contributed by atoms with Gasteiger partial charge in [-0.2, -0.15) is 0 Å². The van der Waals surface area contributed by atoms with Crippen molar-refractivity contribution in [3.05, 3.63) is 35.6 Å². The lowest BCUT2D eigenvalue weighted by atomic mass is 10.2. The standard InChI is InChI=1S/C10H11FO2/c1-2-10(12)13-7-8-4-3-5-9(11)6-8/h3-6H,2,7H2,1H3. The van der Waals surface area contributed by atoms with E-state index in [2.05, 4.69) is 0 Å². The summed E-state index contributed by atoms with van der Waals surface area (Å²) in [5, 5.41) is 0. The van der Waals surface area contributed by atoms with Gasteiger partial charge >= 0.3 is 5.97 Å². The molecule has 0 aliphatic heterocycles. The van der Waals surface area contributed by atoms with Crippen molar-refractivity contribution in [3.63, 3.8) is 0 Å². The van der Waals surface area contributed by atoms with E-state index in [0.717, 1.165) is 0 Å². The van der Waals surface area contributed by atoms with Gasteiger partial charge in [-0.3, -0.25) is 4.79 Å². The number of halogens is 1. The van der Waals surface area contributed by atoms with E-state index >= 15 is 0 Å². The molecule has 1 aromatic carbocycles. The molecule has 0 bridgehead atoms. The SMILES string of the molecule is CCC(=O)OCc1cccc(F)c1. The van der Waals surface area contributed by atoms with Crippen LogP contribution in [-0.4, -0.2) is 5.97 Å². The van der Waals surface area contributed by atoms with Gasteiger partial charge in [-0.15, -0.1) is 0 Å². The Morgan fingerprint density at radius 3 is 2.92 bits per heavy atom. The maximum atomic E-state index is 12.6. The number of ether oxygens (including phenoxy) is 1. The number of esters is 1. The smallest absolute Gasteiger partial charge is 0.305 e. The minimum absolute atomic E-state index is 0.143. The summed E-state index contributed by atoms with van der Waals surface area (Å²) in [4.78, 5) is 10.8. The average Bonchev–Trinajstić information content (AvgIpc) is 2.14. The van der Waals surface area contributed by atoms with E-state index in [1.807, 2.05) is 0 Å². The molecular weight excluding hydrogens is 171 g/mol. The van der Waals surface area contributed by atoms with Crippen molar-refractivity contribution in [2.45, 2.75) is 20.0 Å². The quantitative estimate of drug-likeness (QED) is 0.670. The predicted molar refractivity (Wildman–Crippen MR) is 46.5 cm³/mol. The lowest BCUT2D eigenvalue weighted by molar-refractivity contribution is -0.144. The summed E-state index contributed by atoms with van der Waals surface area (Å²) in [6.45, 7) is 1.86. The highest BCUT2D eigenvalue weighted by Gasteiger charge is 1.99. The number of hydrogen-bond donors (Lipinski definition) is 0. The fraction of sp³-hybridized carbons (Fsp3) is 0.300. The van der Waals surface area contributed by atoms with Crippen LogP contribution in [0.4, 0.5) is 4.39 Å². The third kappa shape index (κ3) is 3.23. The van der Waals surface area contributed by atoms with Crippen LogP contribution in [0, 0.1) is 5.82 Å². The van der Waals surface area contributed by atoms with Crippen LogP contribution in [0.2, 0.25) is 0 Å². The van der Waals surface area contributed by atoms with Gasteiger partial charge < -0.3 is 4.74 Å². The summed E-state index contributed by atoms with van der Waals surface area (Å²) in [6, 6.07) is 6.00. The molecule has 0 unspecified atom stereocenters.